The average Bonchev–Trinajstić information content (AvgIpc) is 1.62. The Morgan fingerprint density at radius 2 is 2.11 bits per heavy atom. The van der Waals surface area contributed by atoms with Crippen LogP contribution in [-0.2, 0) is 0 Å². The monoisotopic (exact) mass is 127 g/mol. The summed E-state index contributed by atoms with van der Waals surface area (Å²) in [6, 6.07) is 0. The molecule has 0 aromatic heterocycles. The largest absolute Gasteiger partial charge is 0.319 e. The Morgan fingerprint density at radius 3 is 2.44 bits per heavy atom. The van der Waals surface area contributed by atoms with E-state index >= 15 is 0 Å². The summed E-state index contributed by atoms with van der Waals surface area (Å²) >= 11 is 0. The van der Waals surface area contributed by atoms with Gasteiger partial charge in [-0.2, -0.15) is 0 Å². The zero-order chi connectivity index (χ0) is 6.91. The van der Waals surface area contributed by atoms with Crippen LogP contribution in [0.25, 0.3) is 0 Å². The Kier molecular flexibility index (Phi) is 1.80. The molecule has 0 amide bonds. The maximum atomic E-state index is 3.23. The number of nitrogens with one attached hydrogen (secondary N) is 1. The van der Waals surface area contributed by atoms with Gasteiger partial charge in [-0.05, 0) is 31.2 Å². The smallest absolute Gasteiger partial charge is 0.000236 e. The molecule has 1 saturated carbocycles. The van der Waals surface area contributed by atoms with Gasteiger partial charge in [0.15, 0.2) is 0 Å². The van der Waals surface area contributed by atoms with E-state index in [0.29, 0.717) is 5.41 Å². The summed E-state index contributed by atoms with van der Waals surface area (Å²) in [7, 11) is 2.04. The van der Waals surface area contributed by atoms with Gasteiger partial charge in [0.1, 0.15) is 0 Å². The van der Waals surface area contributed by atoms with Gasteiger partial charge in [-0.25, -0.2) is 0 Å². The normalized spacial score (nSPS) is 42.3. The van der Waals surface area contributed by atoms with Crippen molar-refractivity contribution < 1.29 is 0 Å². The highest BCUT2D eigenvalue weighted by atomic mass is 14.8. The standard InChI is InChI=1S/C8H17N/c1-7-4-8(2,5-7)6-9-3/h7,9H,4-6H2,1-3H3. The molecule has 0 radical (unpaired) electrons. The van der Waals surface area contributed by atoms with Crippen molar-refractivity contribution in [3.05, 3.63) is 0 Å². The minimum atomic E-state index is 0.633. The van der Waals surface area contributed by atoms with E-state index in [2.05, 4.69) is 19.2 Å². The van der Waals surface area contributed by atoms with Gasteiger partial charge in [0, 0.05) is 6.54 Å². The summed E-state index contributed by atoms with van der Waals surface area (Å²) in [5.74, 6) is 0.975. The Labute approximate surface area is 57.8 Å². The molecule has 1 aliphatic rings. The molecule has 0 heterocycles. The lowest BCUT2D eigenvalue weighted by Crippen LogP contribution is -2.40. The van der Waals surface area contributed by atoms with Crippen molar-refractivity contribution in [2.45, 2.75) is 26.7 Å². The summed E-state index contributed by atoms with van der Waals surface area (Å²) in [6.45, 7) is 5.89. The van der Waals surface area contributed by atoms with Crippen molar-refractivity contribution in [1.29, 1.82) is 0 Å². The predicted octanol–water partition coefficient (Wildman–Crippen LogP) is 1.64. The van der Waals surface area contributed by atoms with Crippen LogP contribution in [0.15, 0.2) is 0 Å². The van der Waals surface area contributed by atoms with Crippen LogP contribution in [0, 0.1) is 11.3 Å². The molecular weight excluding hydrogens is 110 g/mol. The summed E-state index contributed by atoms with van der Waals surface area (Å²) in [5.41, 5.74) is 0.633. The molecule has 1 N–H and O–H groups in total. The molecule has 54 valence electrons. The molecule has 0 atom stereocenters. The second-order valence-corrected chi connectivity index (χ2v) is 3.85. The van der Waals surface area contributed by atoms with E-state index in [9.17, 15) is 0 Å². The lowest BCUT2D eigenvalue weighted by molar-refractivity contribution is 0.0896. The second kappa shape index (κ2) is 2.30. The highest BCUT2D eigenvalue weighted by Crippen LogP contribution is 2.44. The molecular formula is C8H17N. The van der Waals surface area contributed by atoms with E-state index in [1.54, 1.807) is 0 Å². The minimum Gasteiger partial charge on any atom is -0.319 e. The first-order valence-electron chi connectivity index (χ1n) is 3.81. The van der Waals surface area contributed by atoms with E-state index in [1.807, 2.05) is 7.05 Å². The molecule has 0 aromatic rings. The number of hydrogen-bond acceptors (Lipinski definition) is 1. The van der Waals surface area contributed by atoms with Gasteiger partial charge in [-0.3, -0.25) is 0 Å². The van der Waals surface area contributed by atoms with Crippen LogP contribution in [0.4, 0.5) is 0 Å². The lowest BCUT2D eigenvalue weighted by atomic mass is 9.64. The quantitative estimate of drug-likeness (QED) is 0.594. The van der Waals surface area contributed by atoms with E-state index < -0.39 is 0 Å². The molecule has 0 spiro atoms. The lowest BCUT2D eigenvalue weighted by Gasteiger charge is -2.43. The van der Waals surface area contributed by atoms with Crippen molar-refractivity contribution in [3.8, 4) is 0 Å². The van der Waals surface area contributed by atoms with E-state index in [0.717, 1.165) is 5.92 Å². The first kappa shape index (κ1) is 7.07. The van der Waals surface area contributed by atoms with Crippen molar-refractivity contribution in [3.63, 3.8) is 0 Å². The van der Waals surface area contributed by atoms with Crippen LogP contribution in [0.2, 0.25) is 0 Å². The second-order valence-electron chi connectivity index (χ2n) is 3.85. The first-order valence-corrected chi connectivity index (χ1v) is 3.81. The molecule has 1 nitrogen and oxygen atoms in total. The maximum Gasteiger partial charge on any atom is 0.000236 e. The van der Waals surface area contributed by atoms with Crippen LogP contribution in [-0.4, -0.2) is 13.6 Å². The predicted molar refractivity (Wildman–Crippen MR) is 40.4 cm³/mol. The molecule has 0 aliphatic heterocycles. The van der Waals surface area contributed by atoms with Gasteiger partial charge in [0.05, 0.1) is 0 Å². The van der Waals surface area contributed by atoms with Crippen LogP contribution < -0.4 is 5.32 Å². The van der Waals surface area contributed by atoms with E-state index in [1.165, 1.54) is 19.4 Å². The third-order valence-electron chi connectivity index (χ3n) is 2.29. The summed E-state index contributed by atoms with van der Waals surface area (Å²) in [5, 5.41) is 3.23. The van der Waals surface area contributed by atoms with Gasteiger partial charge >= 0.3 is 0 Å². The molecule has 1 rings (SSSR count). The third-order valence-corrected chi connectivity index (χ3v) is 2.29. The van der Waals surface area contributed by atoms with Crippen LogP contribution in [0.1, 0.15) is 26.7 Å². The SMILES string of the molecule is CNCC1(C)CC(C)C1. The zero-order valence-electron chi connectivity index (χ0n) is 6.70. The van der Waals surface area contributed by atoms with Gasteiger partial charge in [-0.15, -0.1) is 0 Å². The molecule has 1 aliphatic carbocycles. The van der Waals surface area contributed by atoms with Crippen molar-refractivity contribution in [2.24, 2.45) is 11.3 Å². The van der Waals surface area contributed by atoms with Gasteiger partial charge in [0.2, 0.25) is 0 Å². The number of hydrogen-bond donors (Lipinski definition) is 1. The highest BCUT2D eigenvalue weighted by molar-refractivity contribution is 4.89. The van der Waals surface area contributed by atoms with Crippen LogP contribution in [0.3, 0.4) is 0 Å². The Bertz CT molecular complexity index is 87.2. The van der Waals surface area contributed by atoms with Gasteiger partial charge in [0.25, 0.3) is 0 Å². The van der Waals surface area contributed by atoms with Crippen LogP contribution in [0.5, 0.6) is 0 Å². The molecule has 0 bridgehead atoms. The van der Waals surface area contributed by atoms with E-state index in [4.69, 9.17) is 0 Å². The molecule has 0 saturated heterocycles. The first-order chi connectivity index (χ1) is 4.16. The minimum absolute atomic E-state index is 0.633. The van der Waals surface area contributed by atoms with Crippen molar-refractivity contribution >= 4 is 0 Å². The Hall–Kier alpha value is -0.0400. The Balaban J connectivity index is 2.23. The highest BCUT2D eigenvalue weighted by Gasteiger charge is 2.36. The molecule has 0 aromatic carbocycles. The van der Waals surface area contributed by atoms with Crippen molar-refractivity contribution in [2.75, 3.05) is 13.6 Å². The van der Waals surface area contributed by atoms with Gasteiger partial charge < -0.3 is 5.32 Å². The summed E-state index contributed by atoms with van der Waals surface area (Å²) < 4.78 is 0. The van der Waals surface area contributed by atoms with Crippen molar-refractivity contribution in [1.82, 2.24) is 5.32 Å². The fourth-order valence-electron chi connectivity index (χ4n) is 2.19. The molecule has 1 fully saturated rings. The third kappa shape index (κ3) is 1.45. The summed E-state index contributed by atoms with van der Waals surface area (Å²) in [6.07, 6.45) is 2.82. The average molecular weight is 127 g/mol. The molecule has 9 heavy (non-hydrogen) atoms. The van der Waals surface area contributed by atoms with Crippen LogP contribution >= 0.6 is 0 Å². The molecule has 1 heteroatoms. The maximum absolute atomic E-state index is 3.23. The summed E-state index contributed by atoms with van der Waals surface area (Å²) in [4.78, 5) is 0. The Morgan fingerprint density at radius 1 is 1.56 bits per heavy atom. The topological polar surface area (TPSA) is 12.0 Å². The molecule has 0 unspecified atom stereocenters. The fourth-order valence-corrected chi connectivity index (χ4v) is 2.19. The van der Waals surface area contributed by atoms with E-state index in [-0.39, 0.29) is 0 Å². The fraction of sp³-hybridized carbons (Fsp3) is 1.00. The number of rotatable bonds is 2. The zero-order valence-corrected chi connectivity index (χ0v) is 6.70. The van der Waals surface area contributed by atoms with Gasteiger partial charge in [-0.1, -0.05) is 13.8 Å².